The van der Waals surface area contributed by atoms with Gasteiger partial charge in [-0.2, -0.15) is 0 Å². The van der Waals surface area contributed by atoms with Gasteiger partial charge in [0.25, 0.3) is 11.4 Å². The Hall–Kier alpha value is -5.54. The van der Waals surface area contributed by atoms with Gasteiger partial charge in [-0.1, -0.05) is 23.7 Å². The van der Waals surface area contributed by atoms with Crippen LogP contribution in [0.5, 0.6) is 0 Å². The van der Waals surface area contributed by atoms with Crippen molar-refractivity contribution in [3.63, 3.8) is 0 Å². The highest BCUT2D eigenvalue weighted by atomic mass is 35.5. The van der Waals surface area contributed by atoms with Crippen LogP contribution in [0.1, 0.15) is 5.82 Å². The highest BCUT2D eigenvalue weighted by molar-refractivity contribution is 6.30. The molecule has 5 aromatic rings. The Morgan fingerprint density at radius 1 is 0.860 bits per heavy atom. The number of nitrogens with one attached hydrogen (secondary N) is 4. The van der Waals surface area contributed by atoms with Gasteiger partial charge in [-0.25, -0.2) is 24.9 Å². The van der Waals surface area contributed by atoms with Gasteiger partial charge in [0.1, 0.15) is 29.9 Å². The smallest absolute Gasteiger partial charge is 0.287 e. The summed E-state index contributed by atoms with van der Waals surface area (Å²) < 4.78 is 0. The van der Waals surface area contributed by atoms with Crippen LogP contribution in [0.2, 0.25) is 5.02 Å². The lowest BCUT2D eigenvalue weighted by atomic mass is 10.1. The summed E-state index contributed by atoms with van der Waals surface area (Å²) in [6.07, 6.45) is 7.23. The fraction of sp³-hybridized carbons (Fsp3) is 0.111. The van der Waals surface area contributed by atoms with Gasteiger partial charge >= 0.3 is 0 Å². The van der Waals surface area contributed by atoms with E-state index in [0.29, 0.717) is 41.0 Å². The third-order valence-corrected chi connectivity index (χ3v) is 6.41. The van der Waals surface area contributed by atoms with Crippen molar-refractivity contribution in [2.75, 3.05) is 23.7 Å². The molecule has 1 atom stereocenters. The molecule has 4 N–H and O–H groups in total. The zero-order chi connectivity index (χ0) is 30.4. The van der Waals surface area contributed by atoms with Crippen molar-refractivity contribution in [2.24, 2.45) is 0 Å². The molecule has 16 heteroatoms. The highest BCUT2D eigenvalue weighted by Crippen LogP contribution is 2.31. The number of imidazole rings is 1. The van der Waals surface area contributed by atoms with Crippen molar-refractivity contribution >= 4 is 34.6 Å². The molecule has 0 saturated carbocycles. The molecule has 1 aromatic carbocycles. The monoisotopic (exact) mass is 600 g/mol. The number of H-pyrrole nitrogens is 1. The van der Waals surface area contributed by atoms with Crippen LogP contribution in [-0.2, 0) is 5.66 Å². The summed E-state index contributed by atoms with van der Waals surface area (Å²) >= 11 is 6.13. The average Bonchev–Trinajstić information content (AvgIpc) is 3.55. The molecule has 0 spiro atoms. The van der Waals surface area contributed by atoms with Crippen molar-refractivity contribution in [2.45, 2.75) is 5.66 Å². The van der Waals surface area contributed by atoms with Gasteiger partial charge in [0, 0.05) is 54.4 Å². The first-order valence-corrected chi connectivity index (χ1v) is 13.1. The third kappa shape index (κ3) is 6.86. The number of halogens is 1. The van der Waals surface area contributed by atoms with Gasteiger partial charge in [0.05, 0.1) is 21.1 Å². The molecule has 0 bridgehead atoms. The third-order valence-electron chi connectivity index (χ3n) is 6.16. The highest BCUT2D eigenvalue weighted by Gasteiger charge is 2.31. The fourth-order valence-corrected chi connectivity index (χ4v) is 4.16. The maximum Gasteiger partial charge on any atom is 0.287 e. The molecule has 0 amide bonds. The van der Waals surface area contributed by atoms with Crippen molar-refractivity contribution in [3.8, 4) is 22.6 Å². The normalized spacial score (nSPS) is 12.3. The SMILES string of the molecule is [CH2]C(NCCNc1ccc([N+](=O)[O-])cn1)(Nc1ccc([N+](=O)[O-])cn1)c1ncc(-c2ncc[nH]2)c(-c2ccc(Cl)cc2)n1. The summed E-state index contributed by atoms with van der Waals surface area (Å²) in [5.41, 5.74) is 0.275. The molecule has 0 aliphatic rings. The molecule has 43 heavy (non-hydrogen) atoms. The van der Waals surface area contributed by atoms with Gasteiger partial charge in [-0.15, -0.1) is 0 Å². The van der Waals surface area contributed by atoms with Gasteiger partial charge in [-0.05, 0) is 31.2 Å². The summed E-state index contributed by atoms with van der Waals surface area (Å²) in [6, 6.07) is 12.8. The quantitative estimate of drug-likeness (QED) is 0.0671. The van der Waals surface area contributed by atoms with Crippen LogP contribution in [0, 0.1) is 27.2 Å². The number of hydrogen-bond acceptors (Lipinski definition) is 12. The lowest BCUT2D eigenvalue weighted by Gasteiger charge is -2.31. The molecule has 1 radical (unpaired) electrons. The fourth-order valence-electron chi connectivity index (χ4n) is 4.03. The predicted octanol–water partition coefficient (Wildman–Crippen LogP) is 4.59. The van der Waals surface area contributed by atoms with E-state index in [1.165, 1.54) is 24.3 Å². The summed E-state index contributed by atoms with van der Waals surface area (Å²) in [4.78, 5) is 46.1. The molecule has 0 fully saturated rings. The second-order valence-electron chi connectivity index (χ2n) is 9.10. The lowest BCUT2D eigenvalue weighted by Crippen LogP contribution is -2.49. The van der Waals surface area contributed by atoms with Crippen molar-refractivity contribution in [1.82, 2.24) is 35.2 Å². The van der Waals surface area contributed by atoms with Crippen LogP contribution in [-0.4, -0.2) is 52.8 Å². The molecule has 1 unspecified atom stereocenters. The lowest BCUT2D eigenvalue weighted by molar-refractivity contribution is -0.385. The summed E-state index contributed by atoms with van der Waals surface area (Å²) in [6.45, 7) is 4.96. The van der Waals surface area contributed by atoms with E-state index >= 15 is 0 Å². The van der Waals surface area contributed by atoms with Crippen molar-refractivity contribution < 1.29 is 9.85 Å². The zero-order valence-corrected chi connectivity index (χ0v) is 23.0. The van der Waals surface area contributed by atoms with Gasteiger partial charge in [0.15, 0.2) is 11.5 Å². The maximum absolute atomic E-state index is 11.1. The van der Waals surface area contributed by atoms with E-state index in [9.17, 15) is 20.2 Å². The van der Waals surface area contributed by atoms with E-state index in [2.05, 4.69) is 47.8 Å². The number of rotatable bonds is 12. The Balaban J connectivity index is 1.46. The molecule has 0 aliphatic heterocycles. The van der Waals surface area contributed by atoms with E-state index in [1.807, 2.05) is 12.1 Å². The molecule has 4 heterocycles. The molecule has 0 aliphatic carbocycles. The molecular weight excluding hydrogens is 578 g/mol. The Morgan fingerprint density at radius 3 is 2.12 bits per heavy atom. The second kappa shape index (κ2) is 12.5. The maximum atomic E-state index is 11.1. The van der Waals surface area contributed by atoms with Gasteiger partial charge in [0.2, 0.25) is 0 Å². The van der Waals surface area contributed by atoms with Crippen molar-refractivity contribution in [3.05, 3.63) is 118 Å². The van der Waals surface area contributed by atoms with Crippen LogP contribution in [0.4, 0.5) is 23.0 Å². The molecule has 0 saturated heterocycles. The zero-order valence-electron chi connectivity index (χ0n) is 22.3. The summed E-state index contributed by atoms with van der Waals surface area (Å²) in [5, 5.41) is 32.1. The van der Waals surface area contributed by atoms with Crippen LogP contribution >= 0.6 is 11.6 Å². The minimum Gasteiger partial charge on any atom is -0.369 e. The number of pyridine rings is 2. The molecule has 5 rings (SSSR count). The molecule has 4 aromatic heterocycles. The topological polar surface area (TPSA) is 203 Å². The van der Waals surface area contributed by atoms with E-state index in [1.54, 1.807) is 30.7 Å². The second-order valence-corrected chi connectivity index (χ2v) is 9.54. The largest absolute Gasteiger partial charge is 0.369 e. The summed E-state index contributed by atoms with van der Waals surface area (Å²) in [7, 11) is 0. The Labute approximate surface area is 249 Å². The van der Waals surface area contributed by atoms with E-state index < -0.39 is 15.5 Å². The van der Waals surface area contributed by atoms with Gasteiger partial charge in [-0.3, -0.25) is 25.5 Å². The van der Waals surface area contributed by atoms with E-state index in [0.717, 1.165) is 18.0 Å². The number of aromatic amines is 1. The number of anilines is 2. The van der Waals surface area contributed by atoms with Crippen molar-refractivity contribution in [1.29, 1.82) is 0 Å². The number of aromatic nitrogens is 6. The first kappa shape index (κ1) is 29.0. The predicted molar refractivity (Wildman–Crippen MR) is 159 cm³/mol. The first-order chi connectivity index (χ1) is 20.7. The number of nitro groups is 2. The van der Waals surface area contributed by atoms with Crippen LogP contribution in [0.15, 0.2) is 79.5 Å². The van der Waals surface area contributed by atoms with Crippen LogP contribution in [0.3, 0.4) is 0 Å². The van der Waals surface area contributed by atoms with E-state index in [4.69, 9.17) is 16.6 Å². The molecule has 15 nitrogen and oxygen atoms in total. The minimum absolute atomic E-state index is 0.119. The molecular formula is C27H23ClN11O4. The van der Waals surface area contributed by atoms with Crippen LogP contribution < -0.4 is 16.0 Å². The molecule has 217 valence electrons. The number of benzene rings is 1. The number of hydrogen-bond donors (Lipinski definition) is 4. The Morgan fingerprint density at radius 2 is 1.53 bits per heavy atom. The number of nitrogens with zero attached hydrogens (tertiary/aromatic N) is 7. The Kier molecular flexibility index (Phi) is 8.45. The summed E-state index contributed by atoms with van der Waals surface area (Å²) in [5.74, 6) is 1.52. The Bertz CT molecular complexity index is 1720. The first-order valence-electron chi connectivity index (χ1n) is 12.7. The average molecular weight is 601 g/mol. The van der Waals surface area contributed by atoms with Crippen LogP contribution in [0.25, 0.3) is 22.6 Å². The standard InChI is InChI=1S/C27H23ClN11O4/c1-27(37-23-9-7-20(15-33-23)39(42)43,35-13-12-29-22-8-6-19(14-32-22)38(40)41)26-34-16-21(25-30-10-11-31-25)24(36-26)17-2-4-18(28)5-3-17/h2-11,14-16,35H,1,12-13H2,(H,29,32)(H,30,31)(H,33,37). The minimum atomic E-state index is -1.38. The van der Waals surface area contributed by atoms with E-state index in [-0.39, 0.29) is 23.0 Å². The van der Waals surface area contributed by atoms with Gasteiger partial charge < -0.3 is 15.6 Å².